The lowest BCUT2D eigenvalue weighted by atomic mass is 9.73. The lowest BCUT2D eigenvalue weighted by Gasteiger charge is -2.33. The van der Waals surface area contributed by atoms with Gasteiger partial charge in [0.1, 0.15) is 11.1 Å². The van der Waals surface area contributed by atoms with E-state index in [1.54, 1.807) is 27.8 Å². The maximum absolute atomic E-state index is 13.5. The molecule has 1 spiro atoms. The van der Waals surface area contributed by atoms with E-state index in [-0.39, 0.29) is 11.8 Å². The molecule has 8 heteroatoms. The number of para-hydroxylation sites is 1. The van der Waals surface area contributed by atoms with Gasteiger partial charge in [-0.25, -0.2) is 0 Å². The molecule has 0 bridgehead atoms. The molecule has 1 N–H and O–H groups in total. The normalized spacial score (nSPS) is 22.9. The molecule has 1 aromatic carbocycles. The van der Waals surface area contributed by atoms with E-state index in [0.29, 0.717) is 25.2 Å². The van der Waals surface area contributed by atoms with E-state index in [0.717, 1.165) is 16.8 Å². The number of hydrogen-bond donors (Lipinski definition) is 1. The molecule has 1 saturated heterocycles. The van der Waals surface area contributed by atoms with Crippen molar-refractivity contribution < 1.29 is 9.59 Å². The standard InChI is InChI=1S/C21H22N6O2/c1-3-27-17(8-10-22-27)19(28)26-11-9-21(18(26)14-12-23-25(2)13-14)15-6-4-5-7-16(15)24-20(21)29/h4-8,10,12-13,18H,3,9,11H2,1-2H3,(H,24,29). The van der Waals surface area contributed by atoms with Crippen LogP contribution in [-0.4, -0.2) is 42.8 Å². The van der Waals surface area contributed by atoms with Crippen LogP contribution >= 0.6 is 0 Å². The smallest absolute Gasteiger partial charge is 0.272 e. The van der Waals surface area contributed by atoms with Crippen molar-refractivity contribution in [3.8, 4) is 0 Å². The van der Waals surface area contributed by atoms with Gasteiger partial charge in [0.2, 0.25) is 5.91 Å². The molecule has 1 fully saturated rings. The number of rotatable bonds is 3. The van der Waals surface area contributed by atoms with Crippen molar-refractivity contribution in [2.75, 3.05) is 11.9 Å². The van der Waals surface area contributed by atoms with Gasteiger partial charge in [0.25, 0.3) is 5.91 Å². The molecule has 2 aromatic heterocycles. The summed E-state index contributed by atoms with van der Waals surface area (Å²) >= 11 is 0. The number of benzene rings is 1. The van der Waals surface area contributed by atoms with Crippen LogP contribution in [0.3, 0.4) is 0 Å². The Hall–Kier alpha value is -3.42. The lowest BCUT2D eigenvalue weighted by Crippen LogP contribution is -2.43. The number of nitrogens with one attached hydrogen (secondary N) is 1. The number of amides is 2. The van der Waals surface area contributed by atoms with Crippen molar-refractivity contribution in [2.45, 2.75) is 31.3 Å². The van der Waals surface area contributed by atoms with Crippen LogP contribution < -0.4 is 5.32 Å². The molecule has 2 aliphatic heterocycles. The number of aryl methyl sites for hydroxylation is 2. The van der Waals surface area contributed by atoms with Crippen LogP contribution in [0.2, 0.25) is 0 Å². The topological polar surface area (TPSA) is 85.1 Å². The summed E-state index contributed by atoms with van der Waals surface area (Å²) in [5, 5.41) is 11.6. The summed E-state index contributed by atoms with van der Waals surface area (Å²) in [5.74, 6) is -0.181. The third-order valence-corrected chi connectivity index (χ3v) is 6.12. The second-order valence-corrected chi connectivity index (χ2v) is 7.60. The Morgan fingerprint density at radius 2 is 2.10 bits per heavy atom. The average Bonchev–Trinajstić information content (AvgIpc) is 3.49. The molecule has 5 rings (SSSR count). The Kier molecular flexibility index (Phi) is 3.84. The molecule has 29 heavy (non-hydrogen) atoms. The molecule has 2 aliphatic rings. The predicted molar refractivity (Wildman–Crippen MR) is 106 cm³/mol. The van der Waals surface area contributed by atoms with Gasteiger partial charge in [-0.15, -0.1) is 0 Å². The van der Waals surface area contributed by atoms with Gasteiger partial charge < -0.3 is 10.2 Å². The molecule has 8 nitrogen and oxygen atoms in total. The maximum Gasteiger partial charge on any atom is 0.272 e. The van der Waals surface area contributed by atoms with E-state index in [2.05, 4.69) is 15.5 Å². The zero-order valence-electron chi connectivity index (χ0n) is 16.4. The average molecular weight is 390 g/mol. The summed E-state index contributed by atoms with van der Waals surface area (Å²) in [6.45, 7) is 3.04. The largest absolute Gasteiger partial charge is 0.329 e. The van der Waals surface area contributed by atoms with E-state index in [4.69, 9.17) is 0 Å². The number of carbonyl (C=O) groups is 2. The van der Waals surface area contributed by atoms with Gasteiger partial charge in [0.05, 0.1) is 12.2 Å². The first kappa shape index (κ1) is 17.7. The third-order valence-electron chi connectivity index (χ3n) is 6.12. The molecule has 0 saturated carbocycles. The molecule has 2 atom stereocenters. The van der Waals surface area contributed by atoms with E-state index < -0.39 is 11.5 Å². The van der Waals surface area contributed by atoms with Crippen LogP contribution in [0.1, 0.15) is 41.0 Å². The quantitative estimate of drug-likeness (QED) is 0.742. The monoisotopic (exact) mass is 390 g/mol. The number of carbonyl (C=O) groups excluding carboxylic acids is 2. The molecular weight excluding hydrogens is 368 g/mol. The van der Waals surface area contributed by atoms with Crippen LogP contribution in [0, 0.1) is 0 Å². The van der Waals surface area contributed by atoms with Crippen LogP contribution in [0.4, 0.5) is 5.69 Å². The van der Waals surface area contributed by atoms with E-state index in [1.807, 2.05) is 49.3 Å². The van der Waals surface area contributed by atoms with Crippen LogP contribution in [-0.2, 0) is 23.8 Å². The number of likely N-dealkylation sites (tertiary alicyclic amines) is 1. The Morgan fingerprint density at radius 3 is 2.86 bits per heavy atom. The van der Waals surface area contributed by atoms with Gasteiger partial charge in [0.15, 0.2) is 0 Å². The molecule has 4 heterocycles. The number of anilines is 1. The fourth-order valence-electron chi connectivity index (χ4n) is 4.86. The highest BCUT2D eigenvalue weighted by atomic mass is 16.2. The van der Waals surface area contributed by atoms with Crippen molar-refractivity contribution in [1.29, 1.82) is 0 Å². The first-order valence-corrected chi connectivity index (χ1v) is 9.78. The second-order valence-electron chi connectivity index (χ2n) is 7.60. The minimum atomic E-state index is -0.827. The Morgan fingerprint density at radius 1 is 1.28 bits per heavy atom. The number of nitrogens with zero attached hydrogens (tertiary/aromatic N) is 5. The highest BCUT2D eigenvalue weighted by Crippen LogP contribution is 2.54. The van der Waals surface area contributed by atoms with Crippen molar-refractivity contribution in [3.05, 3.63) is 65.7 Å². The maximum atomic E-state index is 13.5. The Labute approximate surface area is 168 Å². The third kappa shape index (κ3) is 2.38. The van der Waals surface area contributed by atoms with Crippen LogP contribution in [0.25, 0.3) is 0 Å². The lowest BCUT2D eigenvalue weighted by molar-refractivity contribution is -0.121. The van der Waals surface area contributed by atoms with Crippen LogP contribution in [0.5, 0.6) is 0 Å². The minimum absolute atomic E-state index is 0.0631. The molecule has 2 unspecified atom stereocenters. The van der Waals surface area contributed by atoms with Gasteiger partial charge in [0, 0.05) is 43.8 Å². The minimum Gasteiger partial charge on any atom is -0.329 e. The number of fused-ring (bicyclic) bond motifs is 2. The summed E-state index contributed by atoms with van der Waals surface area (Å²) in [7, 11) is 1.84. The molecule has 0 radical (unpaired) electrons. The highest BCUT2D eigenvalue weighted by molar-refractivity contribution is 6.08. The first-order valence-electron chi connectivity index (χ1n) is 9.78. The Bertz CT molecular complexity index is 1120. The molecule has 148 valence electrons. The summed E-state index contributed by atoms with van der Waals surface area (Å²) in [6.07, 6.45) is 5.84. The zero-order chi connectivity index (χ0) is 20.2. The first-order chi connectivity index (χ1) is 14.1. The van der Waals surface area contributed by atoms with Gasteiger partial charge in [-0.05, 0) is 31.0 Å². The van der Waals surface area contributed by atoms with Crippen molar-refractivity contribution in [2.24, 2.45) is 7.05 Å². The zero-order valence-corrected chi connectivity index (χ0v) is 16.4. The number of aromatic nitrogens is 4. The van der Waals surface area contributed by atoms with Crippen LogP contribution in [0.15, 0.2) is 48.9 Å². The summed E-state index contributed by atoms with van der Waals surface area (Å²) in [4.78, 5) is 28.7. The SMILES string of the molecule is CCn1nccc1C(=O)N1CCC2(C(=O)Nc3ccccc32)C1c1cnn(C)c1. The summed E-state index contributed by atoms with van der Waals surface area (Å²) in [6, 6.07) is 9.05. The molecule has 0 aliphatic carbocycles. The van der Waals surface area contributed by atoms with Gasteiger partial charge in [-0.3, -0.25) is 19.0 Å². The predicted octanol–water partition coefficient (Wildman–Crippen LogP) is 2.11. The van der Waals surface area contributed by atoms with Crippen molar-refractivity contribution in [1.82, 2.24) is 24.5 Å². The second kappa shape index (κ2) is 6.30. The molecule has 2 amide bonds. The number of hydrogen-bond acceptors (Lipinski definition) is 4. The summed E-state index contributed by atoms with van der Waals surface area (Å²) < 4.78 is 3.40. The Balaban J connectivity index is 1.67. The van der Waals surface area contributed by atoms with E-state index in [1.165, 1.54) is 0 Å². The van der Waals surface area contributed by atoms with Gasteiger partial charge in [-0.2, -0.15) is 10.2 Å². The molecule has 3 aromatic rings. The fraction of sp³-hybridized carbons (Fsp3) is 0.333. The molecular formula is C21H22N6O2. The highest BCUT2D eigenvalue weighted by Gasteiger charge is 2.59. The van der Waals surface area contributed by atoms with Gasteiger partial charge >= 0.3 is 0 Å². The van der Waals surface area contributed by atoms with Crippen molar-refractivity contribution >= 4 is 17.5 Å². The van der Waals surface area contributed by atoms with E-state index >= 15 is 0 Å². The fourth-order valence-corrected chi connectivity index (χ4v) is 4.86. The van der Waals surface area contributed by atoms with Crippen molar-refractivity contribution in [3.63, 3.8) is 0 Å². The summed E-state index contributed by atoms with van der Waals surface area (Å²) in [5.41, 5.74) is 2.32. The van der Waals surface area contributed by atoms with Gasteiger partial charge in [-0.1, -0.05) is 18.2 Å². The van der Waals surface area contributed by atoms with E-state index in [9.17, 15) is 9.59 Å².